The third-order valence-corrected chi connectivity index (χ3v) is 2.68. The van der Waals surface area contributed by atoms with E-state index in [1.54, 1.807) is 6.92 Å². The molecule has 0 fully saturated rings. The Morgan fingerprint density at radius 2 is 2.11 bits per heavy atom. The minimum absolute atomic E-state index is 0.179. The molecule has 3 N–H and O–H groups in total. The van der Waals surface area contributed by atoms with Gasteiger partial charge in [-0.1, -0.05) is 16.8 Å². The number of carbonyl (C=O) groups excluding carboxylic acids is 1. The van der Waals surface area contributed by atoms with Gasteiger partial charge >= 0.3 is 0 Å². The lowest BCUT2D eigenvalue weighted by atomic mass is 10.1. The van der Waals surface area contributed by atoms with Gasteiger partial charge in [0.25, 0.3) is 5.91 Å². The predicted molar refractivity (Wildman–Crippen MR) is 66.4 cm³/mol. The smallest absolute Gasteiger partial charge is 0.257 e. The Balaban J connectivity index is 3.07. The Labute approximate surface area is 113 Å². The number of nitrogens with zero attached hydrogens (tertiary/aromatic N) is 2. The van der Waals surface area contributed by atoms with Crippen molar-refractivity contribution in [1.29, 1.82) is 0 Å². The van der Waals surface area contributed by atoms with Gasteiger partial charge in [-0.15, -0.1) is 0 Å². The van der Waals surface area contributed by atoms with Gasteiger partial charge in [-0.25, -0.2) is 8.78 Å². The van der Waals surface area contributed by atoms with Gasteiger partial charge in [0.15, 0.2) is 5.84 Å². The van der Waals surface area contributed by atoms with Crippen LogP contribution in [0.3, 0.4) is 0 Å². The Kier molecular flexibility index (Phi) is 5.05. The SMILES string of the molecule is CCN(C/C(N)=N/O)C(=O)c1cc(F)c(Cl)cc1F. The number of oxime groups is 1. The number of nitrogens with two attached hydrogens (primary N) is 1. The van der Waals surface area contributed by atoms with E-state index in [-0.39, 0.29) is 18.9 Å². The Morgan fingerprint density at radius 3 is 2.63 bits per heavy atom. The van der Waals surface area contributed by atoms with Crippen LogP contribution >= 0.6 is 11.6 Å². The third kappa shape index (κ3) is 3.54. The molecule has 0 saturated heterocycles. The van der Waals surface area contributed by atoms with Gasteiger partial charge < -0.3 is 15.8 Å². The lowest BCUT2D eigenvalue weighted by Crippen LogP contribution is -2.38. The number of benzene rings is 1. The summed E-state index contributed by atoms with van der Waals surface area (Å²) in [5.41, 5.74) is 4.81. The van der Waals surface area contributed by atoms with E-state index in [0.29, 0.717) is 0 Å². The zero-order valence-electron chi connectivity index (χ0n) is 10.0. The predicted octanol–water partition coefficient (Wildman–Crippen LogP) is 1.83. The molecule has 19 heavy (non-hydrogen) atoms. The molecule has 1 rings (SSSR count). The summed E-state index contributed by atoms with van der Waals surface area (Å²) in [6, 6.07) is 1.44. The van der Waals surface area contributed by atoms with Gasteiger partial charge in [-0.2, -0.15) is 0 Å². The van der Waals surface area contributed by atoms with Crippen LogP contribution in [0.4, 0.5) is 8.78 Å². The van der Waals surface area contributed by atoms with Crippen molar-refractivity contribution in [1.82, 2.24) is 4.90 Å². The van der Waals surface area contributed by atoms with Crippen LogP contribution in [0, 0.1) is 11.6 Å². The molecule has 1 aromatic carbocycles. The molecule has 1 aromatic rings. The van der Waals surface area contributed by atoms with Crippen molar-refractivity contribution in [2.24, 2.45) is 10.9 Å². The largest absolute Gasteiger partial charge is 0.409 e. The van der Waals surface area contributed by atoms with Gasteiger partial charge in [-0.05, 0) is 19.1 Å². The van der Waals surface area contributed by atoms with Gasteiger partial charge in [0.1, 0.15) is 11.6 Å². The topological polar surface area (TPSA) is 78.9 Å². The molecule has 0 bridgehead atoms. The molecule has 0 aromatic heterocycles. The van der Waals surface area contributed by atoms with Crippen molar-refractivity contribution < 1.29 is 18.8 Å². The fourth-order valence-electron chi connectivity index (χ4n) is 1.41. The van der Waals surface area contributed by atoms with Gasteiger partial charge in [0.2, 0.25) is 0 Å². The molecule has 0 aliphatic rings. The quantitative estimate of drug-likeness (QED) is 0.292. The first kappa shape index (κ1) is 15.2. The third-order valence-electron chi connectivity index (χ3n) is 2.39. The summed E-state index contributed by atoms with van der Waals surface area (Å²) in [7, 11) is 0. The molecule has 104 valence electrons. The van der Waals surface area contributed by atoms with Crippen LogP contribution in [-0.2, 0) is 0 Å². The lowest BCUT2D eigenvalue weighted by Gasteiger charge is -2.20. The fourth-order valence-corrected chi connectivity index (χ4v) is 1.56. The van der Waals surface area contributed by atoms with Crippen molar-refractivity contribution >= 4 is 23.3 Å². The molecular weight excluding hydrogens is 280 g/mol. The number of halogens is 3. The molecule has 0 spiro atoms. The van der Waals surface area contributed by atoms with E-state index in [0.717, 1.165) is 17.0 Å². The molecule has 0 heterocycles. The molecular formula is C11H12ClF2N3O2. The first-order valence-electron chi connectivity index (χ1n) is 5.30. The lowest BCUT2D eigenvalue weighted by molar-refractivity contribution is 0.0781. The Bertz CT molecular complexity index is 523. The van der Waals surface area contributed by atoms with Gasteiger partial charge in [0, 0.05) is 6.54 Å². The number of rotatable bonds is 4. The zero-order valence-corrected chi connectivity index (χ0v) is 10.8. The second kappa shape index (κ2) is 6.33. The Morgan fingerprint density at radius 1 is 1.47 bits per heavy atom. The normalized spacial score (nSPS) is 11.5. The van der Waals surface area contributed by atoms with Crippen LogP contribution in [-0.4, -0.2) is 34.9 Å². The van der Waals surface area contributed by atoms with E-state index in [1.165, 1.54) is 0 Å². The highest BCUT2D eigenvalue weighted by Gasteiger charge is 2.21. The van der Waals surface area contributed by atoms with Crippen molar-refractivity contribution in [3.63, 3.8) is 0 Å². The molecule has 5 nitrogen and oxygen atoms in total. The summed E-state index contributed by atoms with van der Waals surface area (Å²) in [4.78, 5) is 13.1. The number of hydrogen-bond acceptors (Lipinski definition) is 3. The maximum absolute atomic E-state index is 13.6. The molecule has 8 heteroatoms. The summed E-state index contributed by atoms with van der Waals surface area (Å²) in [6.07, 6.45) is 0. The van der Waals surface area contributed by atoms with Crippen molar-refractivity contribution in [3.8, 4) is 0 Å². The minimum atomic E-state index is -0.936. The van der Waals surface area contributed by atoms with E-state index in [1.807, 2.05) is 0 Å². The van der Waals surface area contributed by atoms with Crippen molar-refractivity contribution in [2.75, 3.05) is 13.1 Å². The van der Waals surface area contributed by atoms with Crippen molar-refractivity contribution in [2.45, 2.75) is 6.92 Å². The second-order valence-electron chi connectivity index (χ2n) is 3.66. The minimum Gasteiger partial charge on any atom is -0.409 e. The summed E-state index contributed by atoms with van der Waals surface area (Å²) in [5.74, 6) is -2.83. The maximum atomic E-state index is 13.6. The highest BCUT2D eigenvalue weighted by atomic mass is 35.5. The number of hydrogen-bond donors (Lipinski definition) is 2. The highest BCUT2D eigenvalue weighted by Crippen LogP contribution is 2.20. The molecule has 0 radical (unpaired) electrons. The van der Waals surface area contributed by atoms with E-state index in [4.69, 9.17) is 22.5 Å². The molecule has 0 aliphatic carbocycles. The van der Waals surface area contributed by atoms with Crippen LogP contribution in [0.15, 0.2) is 17.3 Å². The summed E-state index contributed by atoms with van der Waals surface area (Å²) < 4.78 is 26.8. The average Bonchev–Trinajstić information content (AvgIpc) is 2.39. The Hall–Kier alpha value is -1.89. The highest BCUT2D eigenvalue weighted by molar-refractivity contribution is 6.30. The second-order valence-corrected chi connectivity index (χ2v) is 4.06. The number of amides is 1. The van der Waals surface area contributed by atoms with Gasteiger partial charge in [-0.3, -0.25) is 4.79 Å². The first-order valence-corrected chi connectivity index (χ1v) is 5.68. The van der Waals surface area contributed by atoms with Crippen LogP contribution in [0.5, 0.6) is 0 Å². The number of carbonyl (C=O) groups is 1. The fraction of sp³-hybridized carbons (Fsp3) is 0.273. The number of amidine groups is 1. The summed E-state index contributed by atoms with van der Waals surface area (Å²) >= 11 is 5.40. The monoisotopic (exact) mass is 291 g/mol. The van der Waals surface area contributed by atoms with Gasteiger partial charge in [0.05, 0.1) is 17.1 Å². The van der Waals surface area contributed by atoms with Crippen LogP contribution < -0.4 is 5.73 Å². The molecule has 0 aliphatic heterocycles. The molecule has 0 saturated carbocycles. The first-order chi connectivity index (χ1) is 8.90. The van der Waals surface area contributed by atoms with E-state index >= 15 is 0 Å². The molecule has 1 amide bonds. The van der Waals surface area contributed by atoms with E-state index in [9.17, 15) is 13.6 Å². The van der Waals surface area contributed by atoms with Crippen LogP contribution in [0.2, 0.25) is 5.02 Å². The molecule has 0 atom stereocenters. The standard InChI is InChI=1S/C11H12ClF2N3O2/c1-2-17(5-10(15)16-19)11(18)6-3-9(14)7(12)4-8(6)13/h3-4,19H,2,5H2,1H3,(H2,15,16). The summed E-state index contributed by atoms with van der Waals surface area (Å²) in [6.45, 7) is 1.60. The maximum Gasteiger partial charge on any atom is 0.257 e. The van der Waals surface area contributed by atoms with Crippen molar-refractivity contribution in [3.05, 3.63) is 34.4 Å². The van der Waals surface area contributed by atoms with E-state index in [2.05, 4.69) is 5.16 Å². The average molecular weight is 292 g/mol. The van der Waals surface area contributed by atoms with Crippen LogP contribution in [0.1, 0.15) is 17.3 Å². The van der Waals surface area contributed by atoms with Crippen LogP contribution in [0.25, 0.3) is 0 Å². The number of likely N-dealkylation sites (N-methyl/N-ethyl adjacent to an activating group) is 1. The zero-order chi connectivity index (χ0) is 14.6. The summed E-state index contributed by atoms with van der Waals surface area (Å²) in [5, 5.41) is 10.7. The molecule has 0 unspecified atom stereocenters. The van der Waals surface area contributed by atoms with E-state index < -0.39 is 28.1 Å².